The molecule has 1 heterocycles. The second-order valence-electron chi connectivity index (χ2n) is 7.95. The van der Waals surface area contributed by atoms with Crippen molar-refractivity contribution in [3.05, 3.63) is 12.2 Å². The van der Waals surface area contributed by atoms with Gasteiger partial charge < -0.3 is 24.3 Å². The van der Waals surface area contributed by atoms with Crippen LogP contribution >= 0.6 is 15.9 Å². The van der Waals surface area contributed by atoms with E-state index < -0.39 is 39.6 Å². The van der Waals surface area contributed by atoms with Crippen molar-refractivity contribution in [2.24, 2.45) is 23.7 Å². The summed E-state index contributed by atoms with van der Waals surface area (Å²) in [5.74, 6) is -2.79. The first-order valence-corrected chi connectivity index (χ1v) is 10.0. The SMILES string of the molecule is CC(COC(=O)C(C)(C)Br)C(=O)OCCNC(=O)C1C(C=O)C2OC23C=CC13. The summed E-state index contributed by atoms with van der Waals surface area (Å²) in [5.41, 5.74) is -0.406. The predicted molar refractivity (Wildman–Crippen MR) is 100 cm³/mol. The molecule has 2 fully saturated rings. The molecule has 3 aliphatic rings. The summed E-state index contributed by atoms with van der Waals surface area (Å²) in [6.45, 7) is 4.95. The van der Waals surface area contributed by atoms with E-state index in [0.717, 1.165) is 6.29 Å². The predicted octanol–water partition coefficient (Wildman–Crippen LogP) is 0.767. The monoisotopic (exact) mass is 457 g/mol. The van der Waals surface area contributed by atoms with Crippen molar-refractivity contribution in [2.45, 2.75) is 36.8 Å². The number of carbonyl (C=O) groups is 4. The molecule has 1 amide bonds. The minimum atomic E-state index is -0.819. The van der Waals surface area contributed by atoms with Crippen LogP contribution in [0.4, 0.5) is 0 Å². The lowest BCUT2D eigenvalue weighted by Gasteiger charge is -2.29. The van der Waals surface area contributed by atoms with Crippen LogP contribution in [0.15, 0.2) is 12.2 Å². The topological polar surface area (TPSA) is 111 Å². The van der Waals surface area contributed by atoms with E-state index in [1.165, 1.54) is 0 Å². The number of carbonyl (C=O) groups excluding carboxylic acids is 4. The van der Waals surface area contributed by atoms with Gasteiger partial charge in [0.1, 0.15) is 35.5 Å². The van der Waals surface area contributed by atoms with Crippen LogP contribution in [0.2, 0.25) is 0 Å². The molecule has 0 aromatic carbocycles. The maximum atomic E-state index is 12.5. The van der Waals surface area contributed by atoms with Gasteiger partial charge in [-0.05, 0) is 20.8 Å². The van der Waals surface area contributed by atoms with Crippen molar-refractivity contribution < 1.29 is 33.4 Å². The zero-order valence-corrected chi connectivity index (χ0v) is 17.6. The van der Waals surface area contributed by atoms with Crippen LogP contribution in [-0.2, 0) is 33.4 Å². The highest BCUT2D eigenvalue weighted by molar-refractivity contribution is 9.10. The van der Waals surface area contributed by atoms with Gasteiger partial charge in [-0.25, -0.2) is 0 Å². The number of aldehydes is 1. The second kappa shape index (κ2) is 7.59. The zero-order valence-electron chi connectivity index (χ0n) is 16.0. The van der Waals surface area contributed by atoms with Crippen LogP contribution < -0.4 is 5.32 Å². The van der Waals surface area contributed by atoms with E-state index in [2.05, 4.69) is 21.2 Å². The third-order valence-electron chi connectivity index (χ3n) is 5.41. The third-order valence-corrected chi connectivity index (χ3v) is 5.74. The highest BCUT2D eigenvalue weighted by atomic mass is 79.9. The molecule has 9 heteroatoms. The van der Waals surface area contributed by atoms with Gasteiger partial charge in [0.25, 0.3) is 0 Å². The molecule has 1 N–H and O–H groups in total. The highest BCUT2D eigenvalue weighted by Gasteiger charge is 2.76. The maximum absolute atomic E-state index is 12.5. The van der Waals surface area contributed by atoms with Crippen LogP contribution in [0.25, 0.3) is 0 Å². The molecule has 0 aromatic rings. The Labute approximate surface area is 171 Å². The lowest BCUT2D eigenvalue weighted by atomic mass is 9.77. The van der Waals surface area contributed by atoms with E-state index >= 15 is 0 Å². The standard InChI is InChI=1S/C19H24BrNO7/c1-10(9-27-17(25)18(2,3)20)16(24)26-7-6-21-15(23)13-11(8-22)14-19(28-14)5-4-12(13)19/h4-5,8,10-14H,6-7,9H2,1-3H3,(H,21,23). The van der Waals surface area contributed by atoms with Crippen molar-refractivity contribution in [2.75, 3.05) is 19.8 Å². The van der Waals surface area contributed by atoms with Gasteiger partial charge in [-0.3, -0.25) is 14.4 Å². The summed E-state index contributed by atoms with van der Waals surface area (Å²) in [4.78, 5) is 47.4. The molecule has 0 aromatic heterocycles. The van der Waals surface area contributed by atoms with Gasteiger partial charge in [0.2, 0.25) is 5.91 Å². The molecule has 1 spiro atoms. The quantitative estimate of drug-likeness (QED) is 0.136. The van der Waals surface area contributed by atoms with Gasteiger partial charge in [-0.15, -0.1) is 0 Å². The Morgan fingerprint density at radius 3 is 2.64 bits per heavy atom. The van der Waals surface area contributed by atoms with E-state index in [-0.39, 0.29) is 37.7 Å². The van der Waals surface area contributed by atoms with Gasteiger partial charge in [0, 0.05) is 5.92 Å². The zero-order chi connectivity index (χ0) is 20.7. The lowest BCUT2D eigenvalue weighted by Crippen LogP contribution is -2.43. The summed E-state index contributed by atoms with van der Waals surface area (Å²) < 4.78 is 14.9. The number of esters is 2. The molecule has 3 rings (SSSR count). The van der Waals surface area contributed by atoms with E-state index in [1.807, 2.05) is 12.2 Å². The highest BCUT2D eigenvalue weighted by Crippen LogP contribution is 2.64. The molecule has 0 bridgehead atoms. The smallest absolute Gasteiger partial charge is 0.322 e. The summed E-state index contributed by atoms with van der Waals surface area (Å²) in [5, 5.41) is 2.72. The largest absolute Gasteiger partial charge is 0.464 e. The van der Waals surface area contributed by atoms with Crippen molar-refractivity contribution in [1.29, 1.82) is 0 Å². The fourth-order valence-corrected chi connectivity index (χ4v) is 3.83. The normalized spacial score (nSPS) is 33.0. The molecule has 6 atom stereocenters. The summed E-state index contributed by atoms with van der Waals surface area (Å²) in [7, 11) is 0. The first-order valence-electron chi connectivity index (χ1n) is 9.25. The number of ether oxygens (including phenoxy) is 3. The molecular formula is C19H24BrNO7. The maximum Gasteiger partial charge on any atom is 0.322 e. The van der Waals surface area contributed by atoms with Crippen LogP contribution in [0.5, 0.6) is 0 Å². The molecule has 154 valence electrons. The van der Waals surface area contributed by atoms with E-state index in [9.17, 15) is 19.2 Å². The number of hydrogen-bond acceptors (Lipinski definition) is 7. The summed E-state index contributed by atoms with van der Waals surface area (Å²) in [6, 6.07) is 0. The number of alkyl halides is 1. The van der Waals surface area contributed by atoms with Crippen molar-refractivity contribution in [3.63, 3.8) is 0 Å². The van der Waals surface area contributed by atoms with Crippen molar-refractivity contribution in [3.8, 4) is 0 Å². The minimum absolute atomic E-state index is 0.00312. The Hall–Kier alpha value is -1.74. The Morgan fingerprint density at radius 1 is 1.36 bits per heavy atom. The first-order chi connectivity index (χ1) is 13.1. The first kappa shape index (κ1) is 21.0. The average Bonchev–Trinajstić information content (AvgIpc) is 3.34. The van der Waals surface area contributed by atoms with Crippen LogP contribution in [0.3, 0.4) is 0 Å². The van der Waals surface area contributed by atoms with Crippen LogP contribution in [0, 0.1) is 23.7 Å². The van der Waals surface area contributed by atoms with Crippen molar-refractivity contribution in [1.82, 2.24) is 5.32 Å². The minimum Gasteiger partial charge on any atom is -0.464 e. The van der Waals surface area contributed by atoms with Gasteiger partial charge in [-0.1, -0.05) is 28.1 Å². The number of nitrogens with one attached hydrogen (secondary N) is 1. The summed E-state index contributed by atoms with van der Waals surface area (Å²) >= 11 is 3.19. The van der Waals surface area contributed by atoms with E-state index in [1.54, 1.807) is 20.8 Å². The van der Waals surface area contributed by atoms with Gasteiger partial charge >= 0.3 is 11.9 Å². The summed E-state index contributed by atoms with van der Waals surface area (Å²) in [6.07, 6.45) is 4.42. The fourth-order valence-electron chi connectivity index (χ4n) is 3.71. The lowest BCUT2D eigenvalue weighted by molar-refractivity contribution is -0.155. The Bertz CT molecular complexity index is 716. The van der Waals surface area contributed by atoms with E-state index in [4.69, 9.17) is 14.2 Å². The molecule has 1 saturated heterocycles. The molecule has 0 radical (unpaired) electrons. The molecule has 28 heavy (non-hydrogen) atoms. The molecule has 1 saturated carbocycles. The molecule has 1 aliphatic heterocycles. The third kappa shape index (κ3) is 3.74. The number of halogens is 1. The average molecular weight is 458 g/mol. The Balaban J connectivity index is 1.36. The van der Waals surface area contributed by atoms with Gasteiger partial charge in [0.15, 0.2) is 0 Å². The van der Waals surface area contributed by atoms with Crippen LogP contribution in [0.1, 0.15) is 20.8 Å². The fraction of sp³-hybridized carbons (Fsp3) is 0.684. The van der Waals surface area contributed by atoms with Crippen LogP contribution in [-0.4, -0.2) is 59.9 Å². The molecular weight excluding hydrogens is 434 g/mol. The Kier molecular flexibility index (Phi) is 5.69. The van der Waals surface area contributed by atoms with Crippen molar-refractivity contribution >= 4 is 40.1 Å². The number of amides is 1. The number of epoxide rings is 1. The van der Waals surface area contributed by atoms with E-state index in [0.29, 0.717) is 0 Å². The number of hydrogen-bond donors (Lipinski definition) is 1. The Morgan fingerprint density at radius 2 is 2.07 bits per heavy atom. The molecule has 6 unspecified atom stereocenters. The number of rotatable bonds is 9. The molecule has 2 aliphatic carbocycles. The second-order valence-corrected chi connectivity index (χ2v) is 9.93. The van der Waals surface area contributed by atoms with Gasteiger partial charge in [0.05, 0.1) is 24.3 Å². The van der Waals surface area contributed by atoms with Gasteiger partial charge in [-0.2, -0.15) is 0 Å². The molecule has 8 nitrogen and oxygen atoms in total.